The average Bonchev–Trinajstić information content (AvgIpc) is 2.93. The third-order valence-electron chi connectivity index (χ3n) is 3.74. The molecule has 0 unspecified atom stereocenters. The molecule has 0 spiro atoms. The van der Waals surface area contributed by atoms with Crippen molar-refractivity contribution in [3.8, 4) is 0 Å². The molecule has 0 saturated heterocycles. The van der Waals surface area contributed by atoms with Gasteiger partial charge in [0.15, 0.2) is 0 Å². The zero-order chi connectivity index (χ0) is 14.9. The van der Waals surface area contributed by atoms with E-state index in [1.54, 1.807) is 12.1 Å². The highest BCUT2D eigenvalue weighted by atomic mass is 32.2. The Morgan fingerprint density at radius 3 is 2.52 bits per heavy atom. The fraction of sp³-hybridized carbons (Fsp3) is 0.250. The van der Waals surface area contributed by atoms with Crippen molar-refractivity contribution in [1.29, 1.82) is 0 Å². The average molecular weight is 302 g/mol. The minimum Gasteiger partial charge on any atom is -0.316 e. The maximum atomic E-state index is 12.8. The van der Waals surface area contributed by atoms with Crippen LogP contribution < -0.4 is 9.62 Å². The molecule has 0 bridgehead atoms. The van der Waals surface area contributed by atoms with Gasteiger partial charge in [-0.2, -0.15) is 0 Å². The molecule has 21 heavy (non-hydrogen) atoms. The molecule has 0 amide bonds. The number of para-hydroxylation sites is 1. The quantitative estimate of drug-likeness (QED) is 0.941. The third kappa shape index (κ3) is 2.54. The Morgan fingerprint density at radius 1 is 1.10 bits per heavy atom. The van der Waals surface area contributed by atoms with E-state index in [9.17, 15) is 8.42 Å². The standard InChI is InChI=1S/C16H18N2O2S/c1-17-12-13-6-8-15(9-7-13)21(19,20)18-11-10-14-4-2-3-5-16(14)18/h2-9,17H,10-12H2,1H3. The van der Waals surface area contributed by atoms with Crippen LogP contribution in [-0.2, 0) is 23.0 Å². The van der Waals surface area contributed by atoms with Crippen molar-refractivity contribution in [3.05, 3.63) is 59.7 Å². The fourth-order valence-electron chi connectivity index (χ4n) is 2.67. The van der Waals surface area contributed by atoms with Crippen molar-refractivity contribution in [1.82, 2.24) is 5.32 Å². The lowest BCUT2D eigenvalue weighted by Gasteiger charge is -2.19. The van der Waals surface area contributed by atoms with Crippen LogP contribution in [0.15, 0.2) is 53.4 Å². The predicted molar refractivity (Wildman–Crippen MR) is 83.9 cm³/mol. The van der Waals surface area contributed by atoms with Crippen molar-refractivity contribution in [2.24, 2.45) is 0 Å². The van der Waals surface area contributed by atoms with Crippen LogP contribution >= 0.6 is 0 Å². The summed E-state index contributed by atoms with van der Waals surface area (Å²) in [4.78, 5) is 0.346. The first-order chi connectivity index (χ1) is 10.1. The van der Waals surface area contributed by atoms with E-state index < -0.39 is 10.0 Å². The van der Waals surface area contributed by atoms with Crippen molar-refractivity contribution in [2.75, 3.05) is 17.9 Å². The predicted octanol–water partition coefficient (Wildman–Crippen LogP) is 2.16. The number of hydrogen-bond acceptors (Lipinski definition) is 3. The Balaban J connectivity index is 1.94. The molecule has 0 aromatic heterocycles. The third-order valence-corrected chi connectivity index (χ3v) is 5.56. The van der Waals surface area contributed by atoms with Crippen molar-refractivity contribution in [2.45, 2.75) is 17.9 Å². The molecule has 1 aliphatic rings. The fourth-order valence-corrected chi connectivity index (χ4v) is 4.17. The molecule has 5 heteroatoms. The van der Waals surface area contributed by atoms with Crippen LogP contribution in [-0.4, -0.2) is 22.0 Å². The van der Waals surface area contributed by atoms with Crippen LogP contribution in [0.2, 0.25) is 0 Å². The summed E-state index contributed by atoms with van der Waals surface area (Å²) < 4.78 is 27.1. The molecule has 1 heterocycles. The van der Waals surface area contributed by atoms with E-state index in [1.165, 1.54) is 4.31 Å². The molecule has 110 valence electrons. The molecule has 4 nitrogen and oxygen atoms in total. The van der Waals surface area contributed by atoms with Gasteiger partial charge in [0.25, 0.3) is 10.0 Å². The summed E-state index contributed by atoms with van der Waals surface area (Å²) in [5.74, 6) is 0. The number of nitrogens with zero attached hydrogens (tertiary/aromatic N) is 1. The molecule has 0 saturated carbocycles. The normalized spacial score (nSPS) is 14.2. The summed E-state index contributed by atoms with van der Waals surface area (Å²) in [7, 11) is -1.60. The van der Waals surface area contributed by atoms with Gasteiger partial charge >= 0.3 is 0 Å². The molecule has 2 aromatic carbocycles. The van der Waals surface area contributed by atoms with E-state index >= 15 is 0 Å². The Bertz CT molecular complexity index is 739. The molecular weight excluding hydrogens is 284 g/mol. The largest absolute Gasteiger partial charge is 0.316 e. The number of sulfonamides is 1. The van der Waals surface area contributed by atoms with Crippen molar-refractivity contribution >= 4 is 15.7 Å². The first kappa shape index (κ1) is 14.1. The second kappa shape index (κ2) is 5.50. The summed E-state index contributed by atoms with van der Waals surface area (Å²) >= 11 is 0. The van der Waals surface area contributed by atoms with E-state index in [-0.39, 0.29) is 0 Å². The Labute approximate surface area is 125 Å². The van der Waals surface area contributed by atoms with Crippen molar-refractivity contribution < 1.29 is 8.42 Å². The van der Waals surface area contributed by atoms with Gasteiger partial charge in [0, 0.05) is 13.1 Å². The van der Waals surface area contributed by atoms with Gasteiger partial charge < -0.3 is 5.32 Å². The van der Waals surface area contributed by atoms with Gasteiger partial charge in [-0.1, -0.05) is 30.3 Å². The van der Waals surface area contributed by atoms with E-state index in [1.807, 2.05) is 43.4 Å². The monoisotopic (exact) mass is 302 g/mol. The summed E-state index contributed by atoms with van der Waals surface area (Å²) in [6.45, 7) is 1.24. The number of rotatable bonds is 4. The summed E-state index contributed by atoms with van der Waals surface area (Å²) in [5, 5.41) is 3.05. The topological polar surface area (TPSA) is 49.4 Å². The van der Waals surface area contributed by atoms with Crippen LogP contribution in [0, 0.1) is 0 Å². The Kier molecular flexibility index (Phi) is 3.69. The number of fused-ring (bicyclic) bond motifs is 1. The first-order valence-electron chi connectivity index (χ1n) is 6.97. The van der Waals surface area contributed by atoms with E-state index in [4.69, 9.17) is 0 Å². The van der Waals surface area contributed by atoms with Gasteiger partial charge in [0.05, 0.1) is 10.6 Å². The summed E-state index contributed by atoms with van der Waals surface area (Å²) in [5.41, 5.74) is 2.96. The molecule has 1 N–H and O–H groups in total. The van der Waals surface area contributed by atoms with Crippen molar-refractivity contribution in [3.63, 3.8) is 0 Å². The Morgan fingerprint density at radius 2 is 1.81 bits per heavy atom. The number of benzene rings is 2. The van der Waals surface area contributed by atoms with Gasteiger partial charge in [0.1, 0.15) is 0 Å². The van der Waals surface area contributed by atoms with Gasteiger partial charge in [-0.3, -0.25) is 4.31 Å². The lowest BCUT2D eigenvalue weighted by atomic mass is 10.2. The number of hydrogen-bond donors (Lipinski definition) is 1. The minimum absolute atomic E-state index is 0.346. The lowest BCUT2D eigenvalue weighted by molar-refractivity contribution is 0.592. The molecule has 1 aliphatic heterocycles. The van der Waals surface area contributed by atoms with Crippen LogP contribution in [0.3, 0.4) is 0 Å². The van der Waals surface area contributed by atoms with Crippen LogP contribution in [0.4, 0.5) is 5.69 Å². The van der Waals surface area contributed by atoms with Gasteiger partial charge in [-0.05, 0) is 42.8 Å². The summed E-state index contributed by atoms with van der Waals surface area (Å²) in [6.07, 6.45) is 0.771. The first-order valence-corrected chi connectivity index (χ1v) is 8.41. The minimum atomic E-state index is -3.47. The highest BCUT2D eigenvalue weighted by Crippen LogP contribution is 2.32. The van der Waals surface area contributed by atoms with Crippen LogP contribution in [0.1, 0.15) is 11.1 Å². The van der Waals surface area contributed by atoms with Gasteiger partial charge in [-0.25, -0.2) is 8.42 Å². The maximum Gasteiger partial charge on any atom is 0.264 e. The van der Waals surface area contributed by atoms with Crippen LogP contribution in [0.5, 0.6) is 0 Å². The smallest absolute Gasteiger partial charge is 0.264 e. The number of nitrogens with one attached hydrogen (secondary N) is 1. The number of anilines is 1. The SMILES string of the molecule is CNCc1ccc(S(=O)(=O)N2CCc3ccccc32)cc1. The second-order valence-electron chi connectivity index (χ2n) is 5.13. The molecule has 2 aromatic rings. The zero-order valence-electron chi connectivity index (χ0n) is 11.9. The molecule has 3 rings (SSSR count). The molecular formula is C16H18N2O2S. The summed E-state index contributed by atoms with van der Waals surface area (Å²) in [6, 6.07) is 14.8. The van der Waals surface area contributed by atoms with E-state index in [0.29, 0.717) is 11.4 Å². The Hall–Kier alpha value is -1.85. The van der Waals surface area contributed by atoms with E-state index in [0.717, 1.165) is 29.8 Å². The molecule has 0 atom stereocenters. The zero-order valence-corrected chi connectivity index (χ0v) is 12.7. The highest BCUT2D eigenvalue weighted by molar-refractivity contribution is 7.92. The van der Waals surface area contributed by atoms with E-state index in [2.05, 4.69) is 5.32 Å². The molecule has 0 fully saturated rings. The van der Waals surface area contributed by atoms with Crippen LogP contribution in [0.25, 0.3) is 0 Å². The van der Waals surface area contributed by atoms with Gasteiger partial charge in [-0.15, -0.1) is 0 Å². The maximum absolute atomic E-state index is 12.8. The molecule has 0 radical (unpaired) electrons. The second-order valence-corrected chi connectivity index (χ2v) is 6.99. The van der Waals surface area contributed by atoms with Gasteiger partial charge in [0.2, 0.25) is 0 Å². The lowest BCUT2D eigenvalue weighted by Crippen LogP contribution is -2.29. The molecule has 0 aliphatic carbocycles. The highest BCUT2D eigenvalue weighted by Gasteiger charge is 2.30.